The van der Waals surface area contributed by atoms with Crippen LogP contribution in [0, 0.1) is 11.7 Å². The summed E-state index contributed by atoms with van der Waals surface area (Å²) in [5.41, 5.74) is 6.32. The molecule has 1 aromatic rings. The lowest BCUT2D eigenvalue weighted by Gasteiger charge is -2.42. The molecule has 3 N–H and O–H groups in total. The molecule has 2 aliphatic rings. The fourth-order valence-electron chi connectivity index (χ4n) is 4.32. The van der Waals surface area contributed by atoms with Gasteiger partial charge < -0.3 is 25.6 Å². The summed E-state index contributed by atoms with van der Waals surface area (Å²) in [7, 11) is 0. The van der Waals surface area contributed by atoms with Crippen LogP contribution in [0.3, 0.4) is 0 Å². The first-order chi connectivity index (χ1) is 13.7. The van der Waals surface area contributed by atoms with Crippen molar-refractivity contribution in [1.29, 1.82) is 0 Å². The summed E-state index contributed by atoms with van der Waals surface area (Å²) in [4.78, 5) is 16.5. The number of nitrogens with one attached hydrogen (secondary N) is 1. The molecule has 1 aromatic carbocycles. The van der Waals surface area contributed by atoms with Crippen LogP contribution in [0.4, 0.5) is 20.6 Å². The fraction of sp³-hybridized carbons (Fsp3) is 0.682. The molecule has 29 heavy (non-hydrogen) atoms. The molecule has 0 unspecified atom stereocenters. The van der Waals surface area contributed by atoms with Gasteiger partial charge in [-0.2, -0.15) is 0 Å². The molecule has 0 saturated carbocycles. The number of benzene rings is 1. The summed E-state index contributed by atoms with van der Waals surface area (Å²) >= 11 is 0. The lowest BCUT2D eigenvalue weighted by atomic mass is 9.93. The quantitative estimate of drug-likeness (QED) is 0.748. The molecule has 7 heteroatoms. The Hall–Kier alpha value is -2.02. The molecular weight excluding hydrogens is 371 g/mol. The molecule has 2 saturated heterocycles. The van der Waals surface area contributed by atoms with Crippen LogP contribution >= 0.6 is 0 Å². The molecule has 1 amide bonds. The number of carbonyl (C=O) groups is 1. The summed E-state index contributed by atoms with van der Waals surface area (Å²) in [6, 6.07) is 5.51. The molecule has 0 aromatic heterocycles. The van der Waals surface area contributed by atoms with E-state index >= 15 is 0 Å². The van der Waals surface area contributed by atoms with E-state index in [4.69, 9.17) is 10.5 Å². The summed E-state index contributed by atoms with van der Waals surface area (Å²) in [6.45, 7) is 10.1. The maximum atomic E-state index is 14.2. The fourth-order valence-corrected chi connectivity index (χ4v) is 4.32. The molecule has 2 fully saturated rings. The molecular formula is C22H35FN4O2. The number of hydrogen-bond donors (Lipinski definition) is 2. The van der Waals surface area contributed by atoms with E-state index in [1.165, 1.54) is 6.07 Å². The topological polar surface area (TPSA) is 70.8 Å². The van der Waals surface area contributed by atoms with Gasteiger partial charge in [0.25, 0.3) is 0 Å². The molecule has 2 heterocycles. The van der Waals surface area contributed by atoms with Crippen LogP contribution in [-0.2, 0) is 4.74 Å². The standard InChI is InChI=1S/C22H35FN4O2/c1-22(2,3)29-21(28)25-15-16-6-10-26(11-7-16)18-8-12-27(13-9-18)20-5-4-17(24)14-19(20)23/h4-5,14,16,18H,6-13,15,24H2,1-3H3,(H,25,28). The molecule has 0 radical (unpaired) electrons. The first-order valence-electron chi connectivity index (χ1n) is 10.7. The maximum Gasteiger partial charge on any atom is 0.407 e. The number of likely N-dealkylation sites (tertiary alicyclic amines) is 1. The highest BCUT2D eigenvalue weighted by atomic mass is 19.1. The van der Waals surface area contributed by atoms with Gasteiger partial charge in [-0.25, -0.2) is 9.18 Å². The first-order valence-corrected chi connectivity index (χ1v) is 10.7. The van der Waals surface area contributed by atoms with Gasteiger partial charge in [-0.1, -0.05) is 0 Å². The zero-order chi connectivity index (χ0) is 21.0. The van der Waals surface area contributed by atoms with Gasteiger partial charge in [0.05, 0.1) is 5.69 Å². The van der Waals surface area contributed by atoms with Gasteiger partial charge in [0.1, 0.15) is 11.4 Å². The average molecular weight is 407 g/mol. The Morgan fingerprint density at radius 1 is 1.17 bits per heavy atom. The Kier molecular flexibility index (Phi) is 6.88. The zero-order valence-corrected chi connectivity index (χ0v) is 17.9. The van der Waals surface area contributed by atoms with Crippen molar-refractivity contribution < 1.29 is 13.9 Å². The number of amides is 1. The van der Waals surface area contributed by atoms with Gasteiger partial charge in [-0.05, 0) is 83.7 Å². The van der Waals surface area contributed by atoms with Gasteiger partial charge in [0, 0.05) is 31.4 Å². The number of nitrogens with two attached hydrogens (primary N) is 1. The van der Waals surface area contributed by atoms with Gasteiger partial charge in [-0.15, -0.1) is 0 Å². The van der Waals surface area contributed by atoms with Crippen LogP contribution in [0.2, 0.25) is 0 Å². The predicted molar refractivity (Wildman–Crippen MR) is 115 cm³/mol. The third kappa shape index (κ3) is 6.23. The number of halogens is 1. The summed E-state index contributed by atoms with van der Waals surface area (Å²) in [5.74, 6) is 0.268. The summed E-state index contributed by atoms with van der Waals surface area (Å²) in [6.07, 6.45) is 3.93. The maximum absolute atomic E-state index is 14.2. The Balaban J connectivity index is 1.39. The van der Waals surface area contributed by atoms with Crippen LogP contribution in [-0.4, -0.2) is 55.4 Å². The van der Waals surface area contributed by atoms with Crippen molar-refractivity contribution in [2.45, 2.75) is 58.1 Å². The molecule has 2 aliphatic heterocycles. The van der Waals surface area contributed by atoms with E-state index in [-0.39, 0.29) is 11.9 Å². The van der Waals surface area contributed by atoms with E-state index in [9.17, 15) is 9.18 Å². The van der Waals surface area contributed by atoms with E-state index in [1.807, 2.05) is 20.8 Å². The van der Waals surface area contributed by atoms with Gasteiger partial charge in [0.2, 0.25) is 0 Å². The lowest BCUT2D eigenvalue weighted by molar-refractivity contribution is 0.0502. The highest BCUT2D eigenvalue weighted by molar-refractivity contribution is 5.67. The molecule has 0 bridgehead atoms. The normalized spacial score (nSPS) is 19.9. The van der Waals surface area contributed by atoms with Crippen LogP contribution in [0.5, 0.6) is 0 Å². The van der Waals surface area contributed by atoms with E-state index in [0.717, 1.165) is 51.9 Å². The van der Waals surface area contributed by atoms with E-state index in [2.05, 4.69) is 15.1 Å². The highest BCUT2D eigenvalue weighted by Gasteiger charge is 2.29. The molecule has 0 aliphatic carbocycles. The Morgan fingerprint density at radius 3 is 2.41 bits per heavy atom. The smallest absolute Gasteiger partial charge is 0.407 e. The Morgan fingerprint density at radius 2 is 1.83 bits per heavy atom. The van der Waals surface area contributed by atoms with Crippen molar-refractivity contribution in [2.24, 2.45) is 5.92 Å². The van der Waals surface area contributed by atoms with Crippen molar-refractivity contribution in [3.8, 4) is 0 Å². The number of rotatable bonds is 4. The first kappa shape index (κ1) is 21.7. The van der Waals surface area contributed by atoms with Crippen molar-refractivity contribution in [1.82, 2.24) is 10.2 Å². The van der Waals surface area contributed by atoms with Crippen LogP contribution < -0.4 is 16.0 Å². The SMILES string of the molecule is CC(C)(C)OC(=O)NCC1CCN(C2CCN(c3ccc(N)cc3F)CC2)CC1. The number of piperidine rings is 2. The minimum absolute atomic E-state index is 0.234. The van der Waals surface area contributed by atoms with Crippen LogP contribution in [0.25, 0.3) is 0 Å². The van der Waals surface area contributed by atoms with Crippen molar-refractivity contribution in [3.63, 3.8) is 0 Å². The monoisotopic (exact) mass is 406 g/mol. The third-order valence-corrected chi connectivity index (χ3v) is 5.88. The van der Waals surface area contributed by atoms with Crippen molar-refractivity contribution in [3.05, 3.63) is 24.0 Å². The second-order valence-corrected chi connectivity index (χ2v) is 9.29. The second-order valence-electron chi connectivity index (χ2n) is 9.29. The Bertz CT molecular complexity index is 691. The van der Waals surface area contributed by atoms with Crippen LogP contribution in [0.1, 0.15) is 46.5 Å². The number of alkyl carbamates (subject to hydrolysis) is 1. The number of nitrogen functional groups attached to an aromatic ring is 1. The number of anilines is 2. The minimum atomic E-state index is -0.461. The summed E-state index contributed by atoms with van der Waals surface area (Å²) in [5, 5.41) is 2.91. The highest BCUT2D eigenvalue weighted by Crippen LogP contribution is 2.28. The van der Waals surface area contributed by atoms with E-state index in [1.54, 1.807) is 12.1 Å². The van der Waals surface area contributed by atoms with Gasteiger partial charge in [-0.3, -0.25) is 0 Å². The average Bonchev–Trinajstić information content (AvgIpc) is 2.66. The zero-order valence-electron chi connectivity index (χ0n) is 17.9. The van der Waals surface area contributed by atoms with Crippen LogP contribution in [0.15, 0.2) is 18.2 Å². The largest absolute Gasteiger partial charge is 0.444 e. The van der Waals surface area contributed by atoms with Gasteiger partial charge >= 0.3 is 6.09 Å². The number of carbonyl (C=O) groups excluding carboxylic acids is 1. The molecule has 0 atom stereocenters. The third-order valence-electron chi connectivity index (χ3n) is 5.88. The molecule has 162 valence electrons. The minimum Gasteiger partial charge on any atom is -0.444 e. The van der Waals surface area contributed by atoms with Crippen molar-refractivity contribution in [2.75, 3.05) is 43.4 Å². The van der Waals surface area contributed by atoms with Gasteiger partial charge in [0.15, 0.2) is 0 Å². The predicted octanol–water partition coefficient (Wildman–Crippen LogP) is 3.61. The van der Waals surface area contributed by atoms with Crippen molar-refractivity contribution >= 4 is 17.5 Å². The summed E-state index contributed by atoms with van der Waals surface area (Å²) < 4.78 is 19.5. The number of nitrogens with zero attached hydrogens (tertiary/aromatic N) is 2. The number of ether oxygens (including phenoxy) is 1. The lowest BCUT2D eigenvalue weighted by Crippen LogP contribution is -2.49. The Labute approximate surface area is 173 Å². The molecule has 6 nitrogen and oxygen atoms in total. The van der Waals surface area contributed by atoms with E-state index in [0.29, 0.717) is 29.9 Å². The number of hydrogen-bond acceptors (Lipinski definition) is 5. The van der Waals surface area contributed by atoms with E-state index < -0.39 is 5.60 Å². The second kappa shape index (κ2) is 9.20. The molecule has 3 rings (SSSR count). The molecule has 0 spiro atoms.